The molecule has 13 heteroatoms. The first kappa shape index (κ1) is 30.4. The molecule has 2 aliphatic rings. The van der Waals surface area contributed by atoms with E-state index < -0.39 is 74.6 Å². The quantitative estimate of drug-likeness (QED) is 0.154. The molecule has 2 heterocycles. The molecule has 40 heavy (non-hydrogen) atoms. The van der Waals surface area contributed by atoms with Crippen LogP contribution in [-0.2, 0) is 22.3 Å². The van der Waals surface area contributed by atoms with Crippen molar-refractivity contribution in [3.63, 3.8) is 0 Å². The fraction of sp³-hybridized carbons (Fsp3) is 0.556. The molecular weight excluding hydrogens is 532 g/mol. The Hall–Kier alpha value is -2.56. The predicted octanol–water partition coefficient (Wildman–Crippen LogP) is -2.16. The Morgan fingerprint density at radius 3 is 1.65 bits per heavy atom. The van der Waals surface area contributed by atoms with Crippen molar-refractivity contribution >= 4 is 0 Å². The van der Waals surface area contributed by atoms with Gasteiger partial charge in [-0.3, -0.25) is 0 Å². The average molecular weight is 569 g/mol. The van der Waals surface area contributed by atoms with Gasteiger partial charge in [0.2, 0.25) is 12.6 Å². The molecule has 8 N–H and O–H groups in total. The van der Waals surface area contributed by atoms with Gasteiger partial charge in [0.05, 0.1) is 20.3 Å². The van der Waals surface area contributed by atoms with Crippen LogP contribution in [0, 0.1) is 0 Å². The molecular formula is C27H36O13. The van der Waals surface area contributed by atoms with Crippen molar-refractivity contribution in [2.45, 2.75) is 74.3 Å². The van der Waals surface area contributed by atoms with Gasteiger partial charge in [0.15, 0.2) is 0 Å². The van der Waals surface area contributed by atoms with Crippen LogP contribution in [0.25, 0.3) is 0 Å². The van der Waals surface area contributed by atoms with E-state index in [1.54, 1.807) is 36.4 Å². The SMILES string of the molecule is COc1cc(CCc2cccc(O[C@@H]3O[C@H](CO)[C@@H](O)[C@H](O)[C@H]3O)c2)cc(O[C@@H]2O[C@H](CO)[C@@H](O)[C@H](O)[C@H]2O)c1. The van der Waals surface area contributed by atoms with E-state index in [1.165, 1.54) is 7.11 Å². The van der Waals surface area contributed by atoms with Gasteiger partial charge in [-0.2, -0.15) is 0 Å². The molecule has 0 aromatic heterocycles. The van der Waals surface area contributed by atoms with Crippen LogP contribution in [0.2, 0.25) is 0 Å². The minimum absolute atomic E-state index is 0.276. The Morgan fingerprint density at radius 2 is 1.10 bits per heavy atom. The molecule has 10 atom stereocenters. The first-order chi connectivity index (χ1) is 19.1. The summed E-state index contributed by atoms with van der Waals surface area (Å²) < 4.78 is 27.7. The van der Waals surface area contributed by atoms with Crippen LogP contribution < -0.4 is 14.2 Å². The third-order valence-electron chi connectivity index (χ3n) is 6.98. The molecule has 13 nitrogen and oxygen atoms in total. The average Bonchev–Trinajstić information content (AvgIpc) is 2.96. The Balaban J connectivity index is 1.42. The molecule has 4 rings (SSSR count). The summed E-state index contributed by atoms with van der Waals surface area (Å²) in [7, 11) is 1.48. The minimum atomic E-state index is -1.57. The summed E-state index contributed by atoms with van der Waals surface area (Å²) in [5.74, 6) is 1.09. The number of hydrogen-bond acceptors (Lipinski definition) is 13. The molecule has 2 aliphatic heterocycles. The highest BCUT2D eigenvalue weighted by Gasteiger charge is 2.45. The Morgan fingerprint density at radius 1 is 0.600 bits per heavy atom. The van der Waals surface area contributed by atoms with Gasteiger partial charge in [-0.15, -0.1) is 0 Å². The smallest absolute Gasteiger partial charge is 0.229 e. The number of rotatable bonds is 10. The van der Waals surface area contributed by atoms with Crippen molar-refractivity contribution in [3.8, 4) is 17.2 Å². The molecule has 2 fully saturated rings. The van der Waals surface area contributed by atoms with Gasteiger partial charge in [-0.1, -0.05) is 12.1 Å². The molecule has 222 valence electrons. The van der Waals surface area contributed by atoms with Crippen LogP contribution in [-0.4, -0.2) is 123 Å². The number of ether oxygens (including phenoxy) is 5. The highest BCUT2D eigenvalue weighted by Crippen LogP contribution is 2.29. The maximum atomic E-state index is 10.3. The van der Waals surface area contributed by atoms with Crippen LogP contribution in [0.15, 0.2) is 42.5 Å². The fourth-order valence-electron chi connectivity index (χ4n) is 4.62. The van der Waals surface area contributed by atoms with E-state index in [0.717, 1.165) is 11.1 Å². The van der Waals surface area contributed by atoms with E-state index in [-0.39, 0.29) is 5.75 Å². The highest BCUT2D eigenvalue weighted by atomic mass is 16.7. The standard InChI is InChI=1S/C27H36O13/c1-36-16-8-14(9-17(10-16)38-27-25(35)23(33)21(31)19(12-29)40-27)6-5-13-3-2-4-15(7-13)37-26-24(34)22(32)20(30)18(11-28)39-26/h2-4,7-10,18-35H,5-6,11-12H2,1H3/t18-,19-,20-,21-,22+,23+,24-,25-,26-,27-/m1/s1. The summed E-state index contributed by atoms with van der Waals surface area (Å²) >= 11 is 0. The second kappa shape index (κ2) is 13.4. The summed E-state index contributed by atoms with van der Waals surface area (Å²) in [5, 5.41) is 79.3. The van der Waals surface area contributed by atoms with Crippen LogP contribution in [0.1, 0.15) is 11.1 Å². The normalized spacial score (nSPS) is 34.3. The van der Waals surface area contributed by atoms with Gasteiger partial charge in [0.1, 0.15) is 66.1 Å². The van der Waals surface area contributed by atoms with Crippen molar-refractivity contribution in [2.75, 3.05) is 20.3 Å². The first-order valence-corrected chi connectivity index (χ1v) is 12.9. The summed E-state index contributed by atoms with van der Waals surface area (Å²) in [5.41, 5.74) is 1.67. The van der Waals surface area contributed by atoms with Crippen LogP contribution >= 0.6 is 0 Å². The zero-order chi connectivity index (χ0) is 29.0. The third kappa shape index (κ3) is 6.83. The zero-order valence-corrected chi connectivity index (χ0v) is 21.8. The molecule has 0 unspecified atom stereocenters. The lowest BCUT2D eigenvalue weighted by Gasteiger charge is -2.39. The maximum absolute atomic E-state index is 10.3. The summed E-state index contributed by atoms with van der Waals surface area (Å²) in [6, 6.07) is 12.1. The molecule has 0 saturated carbocycles. The topological polar surface area (TPSA) is 208 Å². The number of hydrogen-bond donors (Lipinski definition) is 8. The van der Waals surface area contributed by atoms with E-state index >= 15 is 0 Å². The zero-order valence-electron chi connectivity index (χ0n) is 21.8. The van der Waals surface area contributed by atoms with Crippen LogP contribution in [0.4, 0.5) is 0 Å². The third-order valence-corrected chi connectivity index (χ3v) is 6.98. The van der Waals surface area contributed by atoms with E-state index in [2.05, 4.69) is 0 Å². The Labute approximate surface area is 230 Å². The number of benzene rings is 2. The van der Waals surface area contributed by atoms with E-state index in [4.69, 9.17) is 23.7 Å². The fourth-order valence-corrected chi connectivity index (χ4v) is 4.62. The van der Waals surface area contributed by atoms with Gasteiger partial charge in [-0.05, 0) is 48.2 Å². The van der Waals surface area contributed by atoms with Gasteiger partial charge >= 0.3 is 0 Å². The molecule has 0 bridgehead atoms. The van der Waals surface area contributed by atoms with Gasteiger partial charge < -0.3 is 64.5 Å². The Kier molecular flexibility index (Phi) is 10.2. The number of aliphatic hydroxyl groups excluding tert-OH is 8. The lowest BCUT2D eigenvalue weighted by molar-refractivity contribution is -0.277. The second-order valence-corrected chi connectivity index (χ2v) is 9.79. The molecule has 0 spiro atoms. The van der Waals surface area contributed by atoms with Gasteiger partial charge in [-0.25, -0.2) is 0 Å². The number of aryl methyl sites for hydroxylation is 2. The van der Waals surface area contributed by atoms with E-state index in [9.17, 15) is 40.9 Å². The largest absolute Gasteiger partial charge is 0.497 e. The minimum Gasteiger partial charge on any atom is -0.497 e. The highest BCUT2D eigenvalue weighted by molar-refractivity contribution is 5.39. The lowest BCUT2D eigenvalue weighted by atomic mass is 9.99. The van der Waals surface area contributed by atoms with Gasteiger partial charge in [0.25, 0.3) is 0 Å². The molecule has 0 amide bonds. The Bertz CT molecular complexity index is 1100. The lowest BCUT2D eigenvalue weighted by Crippen LogP contribution is -2.60. The van der Waals surface area contributed by atoms with Crippen molar-refractivity contribution in [1.29, 1.82) is 0 Å². The van der Waals surface area contributed by atoms with Crippen molar-refractivity contribution < 1.29 is 64.5 Å². The van der Waals surface area contributed by atoms with Crippen molar-refractivity contribution in [3.05, 3.63) is 53.6 Å². The van der Waals surface area contributed by atoms with Gasteiger partial charge in [0, 0.05) is 6.07 Å². The van der Waals surface area contributed by atoms with E-state index in [1.807, 2.05) is 6.07 Å². The van der Waals surface area contributed by atoms with Crippen LogP contribution in [0.5, 0.6) is 17.2 Å². The van der Waals surface area contributed by atoms with Crippen molar-refractivity contribution in [1.82, 2.24) is 0 Å². The second-order valence-electron chi connectivity index (χ2n) is 9.79. The molecule has 2 aromatic carbocycles. The molecule has 2 saturated heterocycles. The summed E-state index contributed by atoms with van der Waals surface area (Å²) in [6.45, 7) is -1.14. The molecule has 2 aromatic rings. The first-order valence-electron chi connectivity index (χ1n) is 12.9. The number of aliphatic hydroxyl groups is 8. The molecule has 0 aliphatic carbocycles. The predicted molar refractivity (Wildman–Crippen MR) is 136 cm³/mol. The van der Waals surface area contributed by atoms with Crippen LogP contribution in [0.3, 0.4) is 0 Å². The maximum Gasteiger partial charge on any atom is 0.229 e. The van der Waals surface area contributed by atoms with Crippen molar-refractivity contribution in [2.24, 2.45) is 0 Å². The van der Waals surface area contributed by atoms with E-state index in [0.29, 0.717) is 24.3 Å². The monoisotopic (exact) mass is 568 g/mol. The number of methoxy groups -OCH3 is 1. The molecule has 0 radical (unpaired) electrons. The summed E-state index contributed by atoms with van der Waals surface area (Å²) in [6.07, 6.45) is -13.0. The summed E-state index contributed by atoms with van der Waals surface area (Å²) in [4.78, 5) is 0.